The number of aryl methyl sites for hydroxylation is 2. The summed E-state index contributed by atoms with van der Waals surface area (Å²) in [6, 6.07) is 6.18. The molecule has 312 valence electrons. The zero-order valence-corrected chi connectivity index (χ0v) is 42.5. The van der Waals surface area contributed by atoms with Gasteiger partial charge in [-0.05, 0) is 126 Å². The fourth-order valence-corrected chi connectivity index (χ4v) is 10.1. The van der Waals surface area contributed by atoms with Crippen LogP contribution in [0.15, 0.2) is 36.9 Å². The molecule has 0 atom stereocenters. The third-order valence-corrected chi connectivity index (χ3v) is 16.0. The normalized spacial score (nSPS) is 13.7. The molecule has 20 heteroatoms. The Labute approximate surface area is 378 Å². The summed E-state index contributed by atoms with van der Waals surface area (Å²) in [5.74, 6) is 1.53. The van der Waals surface area contributed by atoms with Gasteiger partial charge in [-0.1, -0.05) is 39.3 Å². The van der Waals surface area contributed by atoms with Crippen molar-refractivity contribution in [1.82, 2.24) is 42.4 Å². The van der Waals surface area contributed by atoms with Crippen LogP contribution in [0.1, 0.15) is 40.4 Å². The molecule has 1 aliphatic rings. The van der Waals surface area contributed by atoms with Crippen molar-refractivity contribution in [2.45, 2.75) is 84.6 Å². The maximum Gasteiger partial charge on any atom is 0.181 e. The number of anilines is 4. The molecule has 7 rings (SSSR count). The molecule has 0 saturated carbocycles. The minimum Gasteiger partial charge on any atom is -0.361 e. The van der Waals surface area contributed by atoms with E-state index in [4.69, 9.17) is 23.8 Å². The van der Waals surface area contributed by atoms with Crippen LogP contribution in [0.3, 0.4) is 0 Å². The molecule has 14 nitrogen and oxygen atoms in total. The highest BCUT2D eigenvalue weighted by atomic mass is 127. The second-order valence-corrected chi connectivity index (χ2v) is 31.9. The number of ether oxygens (including phenoxy) is 2. The highest BCUT2D eigenvalue weighted by molar-refractivity contribution is 14.1. The molecule has 0 spiro atoms. The van der Waals surface area contributed by atoms with E-state index in [2.05, 4.69) is 119 Å². The van der Waals surface area contributed by atoms with E-state index in [1.807, 2.05) is 47.9 Å². The first kappa shape index (κ1) is 45.1. The van der Waals surface area contributed by atoms with Crippen molar-refractivity contribution < 1.29 is 14.3 Å². The number of aldehydes is 1. The van der Waals surface area contributed by atoms with Gasteiger partial charge in [-0.3, -0.25) is 28.3 Å². The molecule has 6 aromatic rings. The predicted octanol–water partition coefficient (Wildman–Crippen LogP) is 9.51. The Bertz CT molecular complexity index is 2300. The highest BCUT2D eigenvalue weighted by Crippen LogP contribution is 2.34. The molecule has 0 aromatic carbocycles. The summed E-state index contributed by atoms with van der Waals surface area (Å²) in [7, 11) is -2.32. The van der Waals surface area contributed by atoms with Crippen molar-refractivity contribution in [3.05, 3.63) is 67.1 Å². The molecular formula is C38H53I2N11O3S2Si2. The number of rotatable bonds is 17. The summed E-state index contributed by atoms with van der Waals surface area (Å²) < 4.78 is 27.3. The number of fused-ring (bicyclic) bond motifs is 2. The quantitative estimate of drug-likeness (QED) is 0.0284. The van der Waals surface area contributed by atoms with Crippen molar-refractivity contribution in [2.24, 2.45) is 0 Å². The van der Waals surface area contributed by atoms with E-state index in [1.54, 1.807) is 6.07 Å². The van der Waals surface area contributed by atoms with Crippen LogP contribution in [0.25, 0.3) is 11.3 Å². The lowest BCUT2D eigenvalue weighted by Gasteiger charge is -2.23. The maximum absolute atomic E-state index is 11.1. The Kier molecular flexibility index (Phi) is 15.5. The molecule has 1 fully saturated rings. The monoisotopic (exact) mass is 1090 g/mol. The molecule has 1 saturated heterocycles. The molecule has 1 aliphatic heterocycles. The maximum atomic E-state index is 11.1. The van der Waals surface area contributed by atoms with Crippen molar-refractivity contribution in [3.63, 3.8) is 0 Å². The number of carbonyl (C=O) groups excluding carboxylic acids is 1. The van der Waals surface area contributed by atoms with Gasteiger partial charge in [-0.15, -0.1) is 0 Å². The molecule has 0 aliphatic carbocycles. The van der Waals surface area contributed by atoms with Crippen molar-refractivity contribution in [1.29, 1.82) is 0 Å². The lowest BCUT2D eigenvalue weighted by Crippen LogP contribution is -2.26. The summed E-state index contributed by atoms with van der Waals surface area (Å²) in [5, 5.41) is 1.86. The van der Waals surface area contributed by atoms with Gasteiger partial charge in [0.05, 0.1) is 29.5 Å². The summed E-state index contributed by atoms with van der Waals surface area (Å²) in [4.78, 5) is 36.4. The number of carbonyl (C=O) groups is 1. The number of likely N-dealkylation sites (tertiary alicyclic amines) is 1. The molecule has 0 amide bonds. The number of hydrogen-bond acceptors (Lipinski definition) is 14. The smallest absolute Gasteiger partial charge is 0.181 e. The fraction of sp³-hybridized carbons (Fsp3) is 0.500. The van der Waals surface area contributed by atoms with Crippen LogP contribution < -0.4 is 9.80 Å². The van der Waals surface area contributed by atoms with Crippen LogP contribution in [0.2, 0.25) is 51.4 Å². The molecule has 7 heterocycles. The van der Waals surface area contributed by atoms with E-state index in [-0.39, 0.29) is 0 Å². The Morgan fingerprint density at radius 3 is 1.71 bits per heavy atom. The summed E-state index contributed by atoms with van der Waals surface area (Å²) in [5.41, 5.74) is 4.95. The van der Waals surface area contributed by atoms with Gasteiger partial charge in [0, 0.05) is 54.4 Å². The van der Waals surface area contributed by atoms with E-state index < -0.39 is 16.1 Å². The number of imidazole rings is 2. The third-order valence-electron chi connectivity index (χ3n) is 9.34. The van der Waals surface area contributed by atoms with Gasteiger partial charge in [0.2, 0.25) is 0 Å². The Morgan fingerprint density at radius 2 is 1.24 bits per heavy atom. The van der Waals surface area contributed by atoms with E-state index in [0.717, 1.165) is 83.1 Å². The van der Waals surface area contributed by atoms with Gasteiger partial charge < -0.3 is 9.47 Å². The van der Waals surface area contributed by atoms with Gasteiger partial charge >= 0.3 is 0 Å². The van der Waals surface area contributed by atoms with Crippen LogP contribution >= 0.6 is 68.2 Å². The van der Waals surface area contributed by atoms with E-state index in [1.165, 1.54) is 49.0 Å². The average Bonchev–Trinajstić information content (AvgIpc) is 4.02. The molecule has 0 radical (unpaired) electrons. The van der Waals surface area contributed by atoms with Crippen molar-refractivity contribution >= 4 is 124 Å². The van der Waals surface area contributed by atoms with Gasteiger partial charge in [-0.25, -0.2) is 19.9 Å². The Morgan fingerprint density at radius 1 is 0.759 bits per heavy atom. The Balaban J connectivity index is 0.000000198. The predicted molar refractivity (Wildman–Crippen MR) is 257 cm³/mol. The second kappa shape index (κ2) is 19.9. The number of hydrogen-bond donors (Lipinski definition) is 0. The van der Waals surface area contributed by atoms with Gasteiger partial charge in [0.1, 0.15) is 36.6 Å². The van der Waals surface area contributed by atoms with Gasteiger partial charge in [0.15, 0.2) is 29.2 Å². The Hall–Kier alpha value is -2.46. The first-order valence-electron chi connectivity index (χ1n) is 19.4. The molecule has 0 unspecified atom stereocenters. The van der Waals surface area contributed by atoms with E-state index in [9.17, 15) is 4.79 Å². The van der Waals surface area contributed by atoms with Crippen LogP contribution in [-0.2, 0) is 16.0 Å². The molecule has 6 aromatic heterocycles. The van der Waals surface area contributed by atoms with Crippen LogP contribution in [0.4, 0.5) is 21.6 Å². The standard InChI is InChI=1S/C21H31IN6OSSi.C17H22IN5O2SSi/c1-16-13-27-18(22)12-23-20(27)21(24-16)28(15-29-9-10-31(2,3)4)19-11-17(25-30-19)14-26-7-5-6-8-26;1-12-9-22-14(18)8-19-16(22)17(20-12)23(11-25-5-6-27(2,3)4)15-7-13(10-24)21-26-15/h11-13H,5-10,14-15H2,1-4H3;7-10H,5-6,11H2,1-4H3. The van der Waals surface area contributed by atoms with Gasteiger partial charge in [0.25, 0.3) is 0 Å². The molecule has 58 heavy (non-hydrogen) atoms. The number of nitrogens with zero attached hydrogens (tertiary/aromatic N) is 11. The van der Waals surface area contributed by atoms with Gasteiger partial charge in [-0.2, -0.15) is 8.75 Å². The number of halogens is 2. The second-order valence-electron chi connectivity index (χ2n) is 16.9. The molecular weight excluding hydrogens is 1030 g/mol. The zero-order valence-electron chi connectivity index (χ0n) is 34.5. The molecule has 0 N–H and O–H groups in total. The largest absolute Gasteiger partial charge is 0.361 e. The lowest BCUT2D eigenvalue weighted by atomic mass is 10.3. The SMILES string of the molecule is Cc1cn2c(I)cnc2c(N(COCC[Si](C)(C)C)c2cc(C=O)ns2)n1.Cc1cn2c(I)cnc2c(N(COCC[Si](C)(C)C)c2cc(CN3CCCC3)ns2)n1. The molecule has 0 bridgehead atoms. The van der Waals surface area contributed by atoms with E-state index in [0.29, 0.717) is 31.6 Å². The first-order valence-corrected chi connectivity index (χ1v) is 30.5. The lowest BCUT2D eigenvalue weighted by molar-refractivity contribution is 0.112. The minimum atomic E-state index is -1.17. The third kappa shape index (κ3) is 12.1. The average molecular weight is 1090 g/mol. The fourth-order valence-electron chi connectivity index (χ4n) is 6.14. The summed E-state index contributed by atoms with van der Waals surface area (Å²) in [6.45, 7) is 23.6. The topological polar surface area (TPSA) is 131 Å². The van der Waals surface area contributed by atoms with Crippen LogP contribution in [-0.4, -0.2) is 105 Å². The van der Waals surface area contributed by atoms with Crippen molar-refractivity contribution in [2.75, 3.05) is 49.6 Å². The minimum absolute atomic E-state index is 0.334. The highest BCUT2D eigenvalue weighted by Gasteiger charge is 2.24. The summed E-state index contributed by atoms with van der Waals surface area (Å²) >= 11 is 7.34. The zero-order chi connectivity index (χ0) is 41.6. The van der Waals surface area contributed by atoms with E-state index >= 15 is 0 Å². The summed E-state index contributed by atoms with van der Waals surface area (Å²) in [6.07, 6.45) is 11.0. The first-order chi connectivity index (χ1) is 27.6. The van der Waals surface area contributed by atoms with Crippen LogP contribution in [0.5, 0.6) is 0 Å². The number of aromatic nitrogens is 8. The van der Waals surface area contributed by atoms with Crippen molar-refractivity contribution in [3.8, 4) is 0 Å². The van der Waals surface area contributed by atoms with Crippen LogP contribution in [0, 0.1) is 21.2 Å².